The molecule has 0 fully saturated rings. The van der Waals surface area contributed by atoms with Crippen molar-refractivity contribution in [2.24, 2.45) is 0 Å². The van der Waals surface area contributed by atoms with Crippen LogP contribution in [-0.2, 0) is 12.7 Å². The summed E-state index contributed by atoms with van der Waals surface area (Å²) in [5.41, 5.74) is -0.0790. The predicted octanol–water partition coefficient (Wildman–Crippen LogP) is 5.34. The molecule has 6 nitrogen and oxygen atoms in total. The van der Waals surface area contributed by atoms with Crippen molar-refractivity contribution in [2.75, 3.05) is 5.32 Å². The summed E-state index contributed by atoms with van der Waals surface area (Å²) in [6, 6.07) is 12.0. The second-order valence-corrected chi connectivity index (χ2v) is 6.15. The highest BCUT2D eigenvalue weighted by Crippen LogP contribution is 2.32. The van der Waals surface area contributed by atoms with Gasteiger partial charge in [0.1, 0.15) is 11.0 Å². The summed E-state index contributed by atoms with van der Waals surface area (Å²) in [5, 5.41) is 13.8. The highest BCUT2D eigenvalue weighted by atomic mass is 35.5. The van der Waals surface area contributed by atoms with E-state index in [4.69, 9.17) is 11.6 Å². The Bertz CT molecular complexity index is 1030. The SMILES string of the molecule is O=[N+]([O-])c1cccc(CNc2cc(Cl)nc(-c3cccc(C(F)(F)F)c3)n2)c1. The molecule has 28 heavy (non-hydrogen) atoms. The first-order valence-electron chi connectivity index (χ1n) is 7.92. The number of hydrogen-bond donors (Lipinski definition) is 1. The van der Waals surface area contributed by atoms with Crippen LogP contribution in [0.25, 0.3) is 11.4 Å². The molecule has 0 aliphatic carbocycles. The van der Waals surface area contributed by atoms with E-state index in [2.05, 4.69) is 15.3 Å². The van der Waals surface area contributed by atoms with Crippen LogP contribution < -0.4 is 5.32 Å². The van der Waals surface area contributed by atoms with Gasteiger partial charge in [-0.3, -0.25) is 10.1 Å². The zero-order valence-corrected chi connectivity index (χ0v) is 14.8. The van der Waals surface area contributed by atoms with E-state index in [-0.39, 0.29) is 34.6 Å². The summed E-state index contributed by atoms with van der Waals surface area (Å²) in [5.74, 6) is 0.305. The van der Waals surface area contributed by atoms with Crippen molar-refractivity contribution in [3.8, 4) is 11.4 Å². The molecule has 0 bridgehead atoms. The number of alkyl halides is 3. The number of nitrogens with zero attached hydrogens (tertiary/aromatic N) is 3. The molecule has 0 atom stereocenters. The number of nitrogens with one attached hydrogen (secondary N) is 1. The molecule has 1 N–H and O–H groups in total. The van der Waals surface area contributed by atoms with E-state index in [1.54, 1.807) is 12.1 Å². The molecule has 3 aromatic rings. The molecule has 0 unspecified atom stereocenters. The molecule has 10 heteroatoms. The van der Waals surface area contributed by atoms with Gasteiger partial charge in [-0.15, -0.1) is 0 Å². The van der Waals surface area contributed by atoms with Gasteiger partial charge in [0.2, 0.25) is 0 Å². The zero-order chi connectivity index (χ0) is 20.3. The largest absolute Gasteiger partial charge is 0.416 e. The highest BCUT2D eigenvalue weighted by Gasteiger charge is 2.30. The Labute approximate surface area is 162 Å². The Morgan fingerprint density at radius 2 is 1.82 bits per heavy atom. The Hall–Kier alpha value is -3.20. The molecule has 1 heterocycles. The second kappa shape index (κ2) is 7.81. The lowest BCUT2D eigenvalue weighted by atomic mass is 10.1. The minimum atomic E-state index is -4.49. The predicted molar refractivity (Wildman–Crippen MR) is 97.9 cm³/mol. The molecule has 0 spiro atoms. The summed E-state index contributed by atoms with van der Waals surface area (Å²) in [6.45, 7) is 0.205. The van der Waals surface area contributed by atoms with E-state index in [0.29, 0.717) is 5.56 Å². The number of rotatable bonds is 5. The topological polar surface area (TPSA) is 81.0 Å². The van der Waals surface area contributed by atoms with Gasteiger partial charge in [-0.25, -0.2) is 9.97 Å². The standard InChI is InChI=1S/C18H12ClF3N4O2/c19-15-9-16(23-10-11-3-1-6-14(7-11)26(27)28)25-17(24-15)12-4-2-5-13(8-12)18(20,21)22/h1-9H,10H2,(H,23,24,25). The van der Waals surface area contributed by atoms with Gasteiger partial charge < -0.3 is 5.32 Å². The first-order chi connectivity index (χ1) is 13.2. The van der Waals surface area contributed by atoms with Crippen LogP contribution in [-0.4, -0.2) is 14.9 Å². The number of anilines is 1. The van der Waals surface area contributed by atoms with Crippen molar-refractivity contribution >= 4 is 23.1 Å². The third kappa shape index (κ3) is 4.74. The number of halogens is 4. The number of benzene rings is 2. The van der Waals surface area contributed by atoms with Crippen LogP contribution in [0.2, 0.25) is 5.15 Å². The molecule has 3 rings (SSSR count). The molecule has 144 valence electrons. The number of aromatic nitrogens is 2. The molecule has 1 aromatic heterocycles. The lowest BCUT2D eigenvalue weighted by Crippen LogP contribution is -2.06. The zero-order valence-electron chi connectivity index (χ0n) is 14.1. The quantitative estimate of drug-likeness (QED) is 0.350. The first kappa shape index (κ1) is 19.6. The van der Waals surface area contributed by atoms with Gasteiger partial charge in [0.15, 0.2) is 5.82 Å². The van der Waals surface area contributed by atoms with Crippen molar-refractivity contribution in [3.05, 3.63) is 81.0 Å². The summed E-state index contributed by atoms with van der Waals surface area (Å²) in [4.78, 5) is 18.5. The van der Waals surface area contributed by atoms with Crippen LogP contribution in [0.5, 0.6) is 0 Å². The molecule has 0 aliphatic rings. The van der Waals surface area contributed by atoms with E-state index < -0.39 is 16.7 Å². The van der Waals surface area contributed by atoms with Gasteiger partial charge in [0.05, 0.1) is 10.5 Å². The average Bonchev–Trinajstić information content (AvgIpc) is 2.65. The minimum absolute atomic E-state index is 0.0279. The molecule has 0 aliphatic heterocycles. The summed E-state index contributed by atoms with van der Waals surface area (Å²) >= 11 is 5.98. The Morgan fingerprint density at radius 1 is 1.07 bits per heavy atom. The number of hydrogen-bond acceptors (Lipinski definition) is 5. The van der Waals surface area contributed by atoms with Crippen molar-refractivity contribution in [1.29, 1.82) is 0 Å². The van der Waals surface area contributed by atoms with Gasteiger partial charge >= 0.3 is 6.18 Å². The van der Waals surface area contributed by atoms with E-state index in [1.807, 2.05) is 0 Å². The van der Waals surface area contributed by atoms with Gasteiger partial charge in [0.25, 0.3) is 5.69 Å². The molecule has 0 saturated heterocycles. The van der Waals surface area contributed by atoms with Gasteiger partial charge in [-0.1, -0.05) is 35.9 Å². The van der Waals surface area contributed by atoms with Crippen molar-refractivity contribution in [2.45, 2.75) is 12.7 Å². The van der Waals surface area contributed by atoms with E-state index in [1.165, 1.54) is 30.3 Å². The second-order valence-electron chi connectivity index (χ2n) is 5.76. The third-order valence-electron chi connectivity index (χ3n) is 3.74. The van der Waals surface area contributed by atoms with E-state index >= 15 is 0 Å². The first-order valence-corrected chi connectivity index (χ1v) is 8.29. The van der Waals surface area contributed by atoms with Crippen LogP contribution >= 0.6 is 11.6 Å². The average molecular weight is 409 g/mol. The normalized spacial score (nSPS) is 11.3. The number of non-ortho nitro benzene ring substituents is 1. The maximum Gasteiger partial charge on any atom is 0.416 e. The Kier molecular flexibility index (Phi) is 5.46. The van der Waals surface area contributed by atoms with Gasteiger partial charge in [-0.05, 0) is 17.7 Å². The monoisotopic (exact) mass is 408 g/mol. The molecule has 0 amide bonds. The number of nitro groups is 1. The number of nitro benzene ring substituents is 1. The minimum Gasteiger partial charge on any atom is -0.366 e. The van der Waals surface area contributed by atoms with Crippen molar-refractivity contribution in [3.63, 3.8) is 0 Å². The van der Waals surface area contributed by atoms with Crippen LogP contribution in [0, 0.1) is 10.1 Å². The smallest absolute Gasteiger partial charge is 0.366 e. The summed E-state index contributed by atoms with van der Waals surface area (Å²) < 4.78 is 38.7. The maximum absolute atomic E-state index is 12.9. The molecule has 0 saturated carbocycles. The fraction of sp³-hybridized carbons (Fsp3) is 0.111. The Morgan fingerprint density at radius 3 is 2.54 bits per heavy atom. The van der Waals surface area contributed by atoms with Crippen LogP contribution in [0.3, 0.4) is 0 Å². The Balaban J connectivity index is 1.84. The van der Waals surface area contributed by atoms with Crippen LogP contribution in [0.1, 0.15) is 11.1 Å². The maximum atomic E-state index is 12.9. The van der Waals surface area contributed by atoms with Crippen molar-refractivity contribution < 1.29 is 18.1 Å². The van der Waals surface area contributed by atoms with E-state index in [9.17, 15) is 23.3 Å². The van der Waals surface area contributed by atoms with Gasteiger partial charge in [0, 0.05) is 30.3 Å². The fourth-order valence-corrected chi connectivity index (χ4v) is 2.63. The third-order valence-corrected chi connectivity index (χ3v) is 3.93. The fourth-order valence-electron chi connectivity index (χ4n) is 2.44. The van der Waals surface area contributed by atoms with E-state index in [0.717, 1.165) is 12.1 Å². The highest BCUT2D eigenvalue weighted by molar-refractivity contribution is 6.29. The summed E-state index contributed by atoms with van der Waals surface area (Å²) in [7, 11) is 0. The van der Waals surface area contributed by atoms with Crippen LogP contribution in [0.15, 0.2) is 54.6 Å². The molecule has 0 radical (unpaired) electrons. The lowest BCUT2D eigenvalue weighted by Gasteiger charge is -2.10. The summed E-state index contributed by atoms with van der Waals surface area (Å²) in [6.07, 6.45) is -4.49. The lowest BCUT2D eigenvalue weighted by molar-refractivity contribution is -0.384. The molecular weight excluding hydrogens is 397 g/mol. The van der Waals surface area contributed by atoms with Crippen LogP contribution in [0.4, 0.5) is 24.7 Å². The van der Waals surface area contributed by atoms with Crippen molar-refractivity contribution in [1.82, 2.24) is 9.97 Å². The van der Waals surface area contributed by atoms with Gasteiger partial charge in [-0.2, -0.15) is 13.2 Å². The molecule has 2 aromatic carbocycles. The molecular formula is C18H12ClF3N4O2.